The van der Waals surface area contributed by atoms with Crippen molar-refractivity contribution in [3.63, 3.8) is 0 Å². The van der Waals surface area contributed by atoms with Crippen LogP contribution in [0.15, 0.2) is 47.2 Å². The number of halogens is 1. The first-order valence-corrected chi connectivity index (χ1v) is 5.31. The molecule has 4 nitrogen and oxygen atoms in total. The van der Waals surface area contributed by atoms with Crippen LogP contribution in [0.3, 0.4) is 0 Å². The normalized spacial score (nSPS) is 10.6. The second kappa shape index (κ2) is 5.32. The molecule has 0 radical (unpaired) electrons. The molecule has 0 fully saturated rings. The summed E-state index contributed by atoms with van der Waals surface area (Å²) < 4.78 is 5.20. The molecule has 0 saturated heterocycles. The van der Waals surface area contributed by atoms with E-state index in [9.17, 15) is 0 Å². The molecule has 1 aromatic heterocycles. The molecule has 0 unspecified atom stereocenters. The Labute approximate surface area is 103 Å². The third kappa shape index (κ3) is 2.95. The second-order valence-electron chi connectivity index (χ2n) is 3.22. The fourth-order valence-corrected chi connectivity index (χ4v) is 1.44. The van der Waals surface area contributed by atoms with Gasteiger partial charge in [-0.25, -0.2) is 4.98 Å². The zero-order valence-electron chi connectivity index (χ0n) is 8.85. The number of nitrogens with one attached hydrogen (secondary N) is 2. The SMILES string of the molecule is N=C/C=C\Nc1ccc(-c2cnc(Cl)o2)cc1. The average Bonchev–Trinajstić information content (AvgIpc) is 2.77. The molecule has 0 aliphatic rings. The van der Waals surface area contributed by atoms with Crippen LogP contribution in [0.5, 0.6) is 0 Å². The number of anilines is 1. The molecule has 2 N–H and O–H groups in total. The molecule has 1 heterocycles. The molecule has 0 saturated carbocycles. The van der Waals surface area contributed by atoms with E-state index in [2.05, 4.69) is 10.3 Å². The van der Waals surface area contributed by atoms with Gasteiger partial charge in [0, 0.05) is 23.7 Å². The Morgan fingerprint density at radius 1 is 1.29 bits per heavy atom. The summed E-state index contributed by atoms with van der Waals surface area (Å²) in [6.07, 6.45) is 6.08. The van der Waals surface area contributed by atoms with Crippen LogP contribution in [-0.2, 0) is 0 Å². The van der Waals surface area contributed by atoms with E-state index in [1.807, 2.05) is 24.3 Å². The van der Waals surface area contributed by atoms with E-state index in [0.29, 0.717) is 5.76 Å². The quantitative estimate of drug-likeness (QED) is 0.812. The topological polar surface area (TPSA) is 61.9 Å². The highest BCUT2D eigenvalue weighted by Crippen LogP contribution is 2.23. The summed E-state index contributed by atoms with van der Waals surface area (Å²) in [5.74, 6) is 0.636. The molecular formula is C12H10ClN3O. The summed E-state index contributed by atoms with van der Waals surface area (Å²) in [5, 5.41) is 9.99. The van der Waals surface area contributed by atoms with E-state index >= 15 is 0 Å². The van der Waals surface area contributed by atoms with E-state index in [-0.39, 0.29) is 5.35 Å². The monoisotopic (exact) mass is 247 g/mol. The van der Waals surface area contributed by atoms with Crippen molar-refractivity contribution in [3.05, 3.63) is 48.1 Å². The van der Waals surface area contributed by atoms with Gasteiger partial charge in [-0.1, -0.05) is 0 Å². The molecule has 2 rings (SSSR count). The van der Waals surface area contributed by atoms with Crippen LogP contribution in [0, 0.1) is 5.41 Å². The van der Waals surface area contributed by atoms with Crippen molar-refractivity contribution < 1.29 is 4.42 Å². The second-order valence-corrected chi connectivity index (χ2v) is 3.55. The van der Waals surface area contributed by atoms with Crippen LogP contribution >= 0.6 is 11.6 Å². The zero-order chi connectivity index (χ0) is 12.1. The number of benzene rings is 1. The number of hydrogen-bond acceptors (Lipinski definition) is 4. The van der Waals surface area contributed by atoms with Crippen molar-refractivity contribution >= 4 is 23.5 Å². The average molecular weight is 248 g/mol. The predicted octanol–water partition coefficient (Wildman–Crippen LogP) is 3.57. The van der Waals surface area contributed by atoms with Crippen LogP contribution in [0.4, 0.5) is 5.69 Å². The van der Waals surface area contributed by atoms with Gasteiger partial charge in [0.05, 0.1) is 6.20 Å². The number of hydrogen-bond donors (Lipinski definition) is 2. The van der Waals surface area contributed by atoms with Gasteiger partial charge in [-0.05, 0) is 41.9 Å². The Hall–Kier alpha value is -2.07. The lowest BCUT2D eigenvalue weighted by atomic mass is 10.2. The lowest BCUT2D eigenvalue weighted by Crippen LogP contribution is -1.86. The summed E-state index contributed by atoms with van der Waals surface area (Å²) in [7, 11) is 0. The fraction of sp³-hybridized carbons (Fsp3) is 0. The Balaban J connectivity index is 2.12. The minimum absolute atomic E-state index is 0.135. The lowest BCUT2D eigenvalue weighted by Gasteiger charge is -2.01. The molecule has 0 spiro atoms. The zero-order valence-corrected chi connectivity index (χ0v) is 9.61. The Bertz CT molecular complexity index is 531. The first-order chi connectivity index (χ1) is 8.29. The van der Waals surface area contributed by atoms with Crippen molar-refractivity contribution in [1.82, 2.24) is 4.98 Å². The van der Waals surface area contributed by atoms with Gasteiger partial charge in [0.15, 0.2) is 5.76 Å². The highest BCUT2D eigenvalue weighted by molar-refractivity contribution is 6.27. The third-order valence-corrected chi connectivity index (χ3v) is 2.26. The standard InChI is InChI=1S/C12H10ClN3O/c13-12-16-8-11(17-12)9-2-4-10(5-3-9)15-7-1-6-14/h1-8,14-15H/b7-1-,14-6?. The summed E-state index contributed by atoms with van der Waals surface area (Å²) in [4.78, 5) is 3.82. The maximum Gasteiger partial charge on any atom is 0.292 e. The molecule has 0 amide bonds. The van der Waals surface area contributed by atoms with Gasteiger partial charge in [-0.2, -0.15) is 0 Å². The van der Waals surface area contributed by atoms with E-state index in [4.69, 9.17) is 21.4 Å². The molecule has 2 aromatic rings. The predicted molar refractivity (Wildman–Crippen MR) is 68.5 cm³/mol. The first-order valence-electron chi connectivity index (χ1n) is 4.93. The maximum atomic E-state index is 6.83. The molecule has 0 bridgehead atoms. The molecule has 0 atom stereocenters. The van der Waals surface area contributed by atoms with Crippen LogP contribution in [0.1, 0.15) is 0 Å². The number of allylic oxidation sites excluding steroid dienone is 1. The van der Waals surface area contributed by atoms with E-state index in [1.165, 1.54) is 6.21 Å². The molecule has 0 aliphatic carbocycles. The number of oxazole rings is 1. The van der Waals surface area contributed by atoms with Crippen LogP contribution in [0.2, 0.25) is 5.35 Å². The fourth-order valence-electron chi connectivity index (χ4n) is 1.31. The summed E-state index contributed by atoms with van der Waals surface area (Å²) in [6.45, 7) is 0. The lowest BCUT2D eigenvalue weighted by molar-refractivity contribution is 0.574. The van der Waals surface area contributed by atoms with Crippen molar-refractivity contribution in [2.45, 2.75) is 0 Å². The maximum absolute atomic E-state index is 6.83. The van der Waals surface area contributed by atoms with E-state index in [1.54, 1.807) is 18.5 Å². The molecular weight excluding hydrogens is 238 g/mol. The van der Waals surface area contributed by atoms with Crippen LogP contribution in [0.25, 0.3) is 11.3 Å². The number of aromatic nitrogens is 1. The van der Waals surface area contributed by atoms with Crippen molar-refractivity contribution in [1.29, 1.82) is 5.41 Å². The molecule has 0 aliphatic heterocycles. The summed E-state index contributed by atoms with van der Waals surface area (Å²) in [5.41, 5.74) is 1.84. The highest BCUT2D eigenvalue weighted by Gasteiger charge is 2.03. The molecule has 5 heteroatoms. The van der Waals surface area contributed by atoms with Crippen molar-refractivity contribution in [3.8, 4) is 11.3 Å². The van der Waals surface area contributed by atoms with E-state index in [0.717, 1.165) is 11.3 Å². The number of nitrogens with zero attached hydrogens (tertiary/aromatic N) is 1. The van der Waals surface area contributed by atoms with Crippen molar-refractivity contribution in [2.24, 2.45) is 0 Å². The van der Waals surface area contributed by atoms with Gasteiger partial charge >= 0.3 is 0 Å². The Kier molecular flexibility index (Phi) is 3.57. The smallest absolute Gasteiger partial charge is 0.292 e. The summed E-state index contributed by atoms with van der Waals surface area (Å²) >= 11 is 5.61. The minimum Gasteiger partial charge on any atom is -0.428 e. The molecule has 1 aromatic carbocycles. The highest BCUT2D eigenvalue weighted by atomic mass is 35.5. The van der Waals surface area contributed by atoms with Gasteiger partial charge in [0.1, 0.15) is 0 Å². The van der Waals surface area contributed by atoms with Gasteiger partial charge in [0.2, 0.25) is 0 Å². The molecule has 86 valence electrons. The van der Waals surface area contributed by atoms with Crippen molar-refractivity contribution in [2.75, 3.05) is 5.32 Å². The van der Waals surface area contributed by atoms with Gasteiger partial charge in [-0.15, -0.1) is 0 Å². The largest absolute Gasteiger partial charge is 0.428 e. The van der Waals surface area contributed by atoms with Gasteiger partial charge in [0.25, 0.3) is 5.35 Å². The van der Waals surface area contributed by atoms with E-state index < -0.39 is 0 Å². The Morgan fingerprint density at radius 3 is 2.65 bits per heavy atom. The third-order valence-electron chi connectivity index (χ3n) is 2.09. The van der Waals surface area contributed by atoms with Gasteiger partial charge < -0.3 is 15.1 Å². The Morgan fingerprint density at radius 2 is 2.06 bits per heavy atom. The summed E-state index contributed by atoms with van der Waals surface area (Å²) in [6, 6.07) is 7.61. The van der Waals surface area contributed by atoms with Crippen LogP contribution in [-0.4, -0.2) is 11.2 Å². The number of rotatable bonds is 4. The first kappa shape index (κ1) is 11.4. The minimum atomic E-state index is 0.135. The molecule has 17 heavy (non-hydrogen) atoms. The van der Waals surface area contributed by atoms with Crippen LogP contribution < -0.4 is 5.32 Å². The van der Waals surface area contributed by atoms with Gasteiger partial charge in [-0.3, -0.25) is 0 Å².